The molecule has 1 aliphatic carbocycles. The van der Waals surface area contributed by atoms with Crippen LogP contribution in [-0.4, -0.2) is 21.7 Å². The van der Waals surface area contributed by atoms with Gasteiger partial charge in [0.15, 0.2) is 0 Å². The first-order valence-corrected chi connectivity index (χ1v) is 8.68. The fraction of sp³-hybridized carbons (Fsp3) is 0.158. The van der Waals surface area contributed by atoms with Crippen molar-refractivity contribution in [2.45, 2.75) is 18.4 Å². The minimum atomic E-state index is -0.0903. The van der Waals surface area contributed by atoms with E-state index in [-0.39, 0.29) is 11.9 Å². The van der Waals surface area contributed by atoms with Crippen molar-refractivity contribution in [3.8, 4) is 5.69 Å². The van der Waals surface area contributed by atoms with Gasteiger partial charge in [-0.15, -0.1) is 0 Å². The lowest BCUT2D eigenvalue weighted by Crippen LogP contribution is -2.26. The van der Waals surface area contributed by atoms with Gasteiger partial charge in [-0.05, 0) is 40.0 Å². The second-order valence-electron chi connectivity index (χ2n) is 5.93. The zero-order valence-corrected chi connectivity index (χ0v) is 14.5. The van der Waals surface area contributed by atoms with Crippen LogP contribution in [0.25, 0.3) is 5.69 Å². The molecule has 0 aliphatic heterocycles. The van der Waals surface area contributed by atoms with Gasteiger partial charge in [0, 0.05) is 12.0 Å². The predicted molar refractivity (Wildman–Crippen MR) is 96.3 cm³/mol. The Hall–Kier alpha value is -2.40. The Morgan fingerprint density at radius 2 is 1.75 bits per heavy atom. The number of hydrogen-bond acceptors (Lipinski definition) is 2. The van der Waals surface area contributed by atoms with Gasteiger partial charge >= 0.3 is 0 Å². The summed E-state index contributed by atoms with van der Waals surface area (Å²) in [7, 11) is 0. The average Bonchev–Trinajstić information content (AvgIpc) is 3.28. The van der Waals surface area contributed by atoms with Crippen LogP contribution in [0.4, 0.5) is 0 Å². The molecule has 3 aromatic rings. The zero-order valence-electron chi connectivity index (χ0n) is 12.9. The fourth-order valence-electron chi connectivity index (χ4n) is 2.90. The molecule has 120 valence electrons. The third-order valence-electron chi connectivity index (χ3n) is 4.29. The highest BCUT2D eigenvalue weighted by molar-refractivity contribution is 9.10. The zero-order chi connectivity index (χ0) is 16.5. The van der Waals surface area contributed by atoms with Crippen molar-refractivity contribution in [3.63, 3.8) is 0 Å². The maximum atomic E-state index is 12.5. The summed E-state index contributed by atoms with van der Waals surface area (Å²) in [6, 6.07) is 20.2. The number of amides is 1. The first-order valence-electron chi connectivity index (χ1n) is 7.89. The molecule has 0 radical (unpaired) electrons. The number of carbonyl (C=O) groups excluding carboxylic acids is 1. The third-order valence-corrected chi connectivity index (χ3v) is 5.05. The van der Waals surface area contributed by atoms with Crippen molar-refractivity contribution < 1.29 is 4.79 Å². The second-order valence-corrected chi connectivity index (χ2v) is 6.68. The molecule has 1 saturated carbocycles. The summed E-state index contributed by atoms with van der Waals surface area (Å²) in [5.74, 6) is 0.325. The smallest absolute Gasteiger partial charge is 0.255 e. The van der Waals surface area contributed by atoms with E-state index < -0.39 is 0 Å². The number of hydrogen-bond donors (Lipinski definition) is 1. The fourth-order valence-corrected chi connectivity index (χ4v) is 3.48. The molecule has 24 heavy (non-hydrogen) atoms. The molecule has 1 fully saturated rings. The Balaban J connectivity index is 1.48. The van der Waals surface area contributed by atoms with Crippen molar-refractivity contribution in [2.24, 2.45) is 0 Å². The highest BCUT2D eigenvalue weighted by Crippen LogP contribution is 2.40. The summed E-state index contributed by atoms with van der Waals surface area (Å²) >= 11 is 3.50. The van der Waals surface area contributed by atoms with E-state index >= 15 is 0 Å². The lowest BCUT2D eigenvalue weighted by atomic mass is 10.1. The summed E-state index contributed by atoms with van der Waals surface area (Å²) in [4.78, 5) is 12.5. The monoisotopic (exact) mass is 381 g/mol. The van der Waals surface area contributed by atoms with Gasteiger partial charge in [-0.25, -0.2) is 4.68 Å². The van der Waals surface area contributed by atoms with Crippen molar-refractivity contribution in [2.75, 3.05) is 0 Å². The highest BCUT2D eigenvalue weighted by Gasteiger charge is 2.39. The Bertz CT molecular complexity index is 861. The maximum Gasteiger partial charge on any atom is 0.255 e. The van der Waals surface area contributed by atoms with Crippen LogP contribution in [0.15, 0.2) is 71.5 Å². The molecule has 1 N–H and O–H groups in total. The van der Waals surface area contributed by atoms with E-state index in [1.54, 1.807) is 10.9 Å². The standard InChI is InChI=1S/C19H16BrN3O/c20-18-16(12-21-23(18)14-9-5-2-6-10-14)19(24)22-17-11-15(17)13-7-3-1-4-8-13/h1-10,12,15,17H,11H2,(H,22,24)/t15-,17-/m1/s1. The van der Waals surface area contributed by atoms with Crippen LogP contribution >= 0.6 is 15.9 Å². The quantitative estimate of drug-likeness (QED) is 0.744. The van der Waals surface area contributed by atoms with Gasteiger partial charge in [-0.1, -0.05) is 48.5 Å². The van der Waals surface area contributed by atoms with Crippen molar-refractivity contribution in [1.82, 2.24) is 15.1 Å². The molecule has 1 heterocycles. The van der Waals surface area contributed by atoms with Crippen molar-refractivity contribution in [1.29, 1.82) is 0 Å². The lowest BCUT2D eigenvalue weighted by Gasteiger charge is -2.05. The largest absolute Gasteiger partial charge is 0.349 e. The van der Waals surface area contributed by atoms with Gasteiger partial charge in [0.25, 0.3) is 5.91 Å². The van der Waals surface area contributed by atoms with Gasteiger partial charge in [-0.2, -0.15) is 5.10 Å². The van der Waals surface area contributed by atoms with Crippen molar-refractivity contribution >= 4 is 21.8 Å². The van der Waals surface area contributed by atoms with E-state index in [2.05, 4.69) is 38.5 Å². The number of aromatic nitrogens is 2. The Kier molecular flexibility index (Phi) is 3.94. The highest BCUT2D eigenvalue weighted by atomic mass is 79.9. The summed E-state index contributed by atoms with van der Waals surface area (Å²) in [6.45, 7) is 0. The van der Waals surface area contributed by atoms with E-state index in [0.29, 0.717) is 16.1 Å². The normalized spacial score (nSPS) is 19.0. The molecule has 0 saturated heterocycles. The number of benzene rings is 2. The Morgan fingerprint density at radius 1 is 1.08 bits per heavy atom. The number of nitrogens with zero attached hydrogens (tertiary/aromatic N) is 2. The molecular weight excluding hydrogens is 366 g/mol. The van der Waals surface area contributed by atoms with Gasteiger partial charge in [-0.3, -0.25) is 4.79 Å². The minimum absolute atomic E-state index is 0.0903. The molecule has 1 aliphatic rings. The first-order chi connectivity index (χ1) is 11.7. The minimum Gasteiger partial charge on any atom is -0.349 e. The van der Waals surface area contributed by atoms with Crippen molar-refractivity contribution in [3.05, 3.63) is 82.6 Å². The van der Waals surface area contributed by atoms with E-state index in [1.165, 1.54) is 5.56 Å². The first kappa shape index (κ1) is 15.1. The van der Waals surface area contributed by atoms with Gasteiger partial charge in [0.1, 0.15) is 4.60 Å². The molecule has 2 atom stereocenters. The Morgan fingerprint density at radius 3 is 2.46 bits per heavy atom. The molecule has 0 bridgehead atoms. The van der Waals surface area contributed by atoms with Crippen LogP contribution in [0.1, 0.15) is 28.3 Å². The van der Waals surface area contributed by atoms with Gasteiger partial charge in [0.05, 0.1) is 17.4 Å². The van der Waals surface area contributed by atoms with Crippen LogP contribution in [0.3, 0.4) is 0 Å². The summed E-state index contributed by atoms with van der Waals surface area (Å²) in [5, 5.41) is 7.42. The number of rotatable bonds is 4. The lowest BCUT2D eigenvalue weighted by molar-refractivity contribution is 0.0949. The van der Waals surface area contributed by atoms with E-state index in [1.807, 2.05) is 48.5 Å². The third kappa shape index (κ3) is 2.87. The number of halogens is 1. The van der Waals surface area contributed by atoms with Crippen LogP contribution in [0.2, 0.25) is 0 Å². The molecule has 1 amide bonds. The number of para-hydroxylation sites is 1. The SMILES string of the molecule is O=C(N[C@@H]1C[C@@H]1c1ccccc1)c1cnn(-c2ccccc2)c1Br. The van der Waals surface area contributed by atoms with E-state index in [9.17, 15) is 4.79 Å². The topological polar surface area (TPSA) is 46.9 Å². The molecule has 2 aromatic carbocycles. The molecule has 5 heteroatoms. The Labute approximate surface area is 148 Å². The van der Waals surface area contributed by atoms with Crippen LogP contribution < -0.4 is 5.32 Å². The van der Waals surface area contributed by atoms with Crippen LogP contribution in [0, 0.1) is 0 Å². The van der Waals surface area contributed by atoms with E-state index in [4.69, 9.17) is 0 Å². The molecule has 4 rings (SSSR count). The summed E-state index contributed by atoms with van der Waals surface area (Å²) < 4.78 is 2.39. The maximum absolute atomic E-state index is 12.5. The predicted octanol–water partition coefficient (Wildman–Crippen LogP) is 3.92. The molecule has 0 spiro atoms. The molecular formula is C19H16BrN3O. The van der Waals surface area contributed by atoms with E-state index in [0.717, 1.165) is 12.1 Å². The number of nitrogens with one attached hydrogen (secondary N) is 1. The summed E-state index contributed by atoms with van der Waals surface area (Å²) in [6.07, 6.45) is 2.59. The molecule has 4 nitrogen and oxygen atoms in total. The van der Waals surface area contributed by atoms with Gasteiger partial charge < -0.3 is 5.32 Å². The van der Waals surface area contributed by atoms with Crippen LogP contribution in [0.5, 0.6) is 0 Å². The molecule has 1 aromatic heterocycles. The average molecular weight is 382 g/mol. The van der Waals surface area contributed by atoms with Crippen LogP contribution in [-0.2, 0) is 0 Å². The van der Waals surface area contributed by atoms with Gasteiger partial charge in [0.2, 0.25) is 0 Å². The summed E-state index contributed by atoms with van der Waals surface area (Å²) in [5.41, 5.74) is 2.75. The molecule has 0 unspecified atom stereocenters. The second kappa shape index (κ2) is 6.24. The number of carbonyl (C=O) groups is 1.